The van der Waals surface area contributed by atoms with E-state index >= 15 is 0 Å². The average molecular weight is 544 g/mol. The van der Waals surface area contributed by atoms with Gasteiger partial charge in [0.1, 0.15) is 6.54 Å². The minimum Gasteiger partial charge on any atom is -0.352 e. The first-order valence-corrected chi connectivity index (χ1v) is 11.9. The maximum absolute atomic E-state index is 13.4. The SMILES string of the molecule is C[C@@H](O[C@H]1OCC[C@@H](CN2C(=O)CN(C)C2=O)[C@@H]1c1ccccc1)c1cc(C(F)(F)F)cc(C(F)(F)F)c1. The lowest BCUT2D eigenvalue weighted by Crippen LogP contribution is -2.44. The molecule has 0 spiro atoms. The highest BCUT2D eigenvalue weighted by atomic mass is 19.4. The van der Waals surface area contributed by atoms with Crippen LogP contribution in [0.5, 0.6) is 0 Å². The highest BCUT2D eigenvalue weighted by Gasteiger charge is 2.43. The first kappa shape index (κ1) is 27.9. The molecule has 2 saturated heterocycles. The van der Waals surface area contributed by atoms with Crippen LogP contribution in [0.2, 0.25) is 0 Å². The van der Waals surface area contributed by atoms with Crippen molar-refractivity contribution in [2.75, 3.05) is 26.7 Å². The maximum Gasteiger partial charge on any atom is 0.416 e. The summed E-state index contributed by atoms with van der Waals surface area (Å²) in [6.07, 6.45) is -11.8. The number of ether oxygens (including phenoxy) is 2. The zero-order valence-corrected chi connectivity index (χ0v) is 20.6. The lowest BCUT2D eigenvalue weighted by Gasteiger charge is -2.40. The van der Waals surface area contributed by atoms with Gasteiger partial charge in [0.2, 0.25) is 5.91 Å². The number of imide groups is 1. The second kappa shape index (κ2) is 10.6. The number of nitrogens with zero attached hydrogens (tertiary/aromatic N) is 2. The van der Waals surface area contributed by atoms with Gasteiger partial charge >= 0.3 is 18.4 Å². The van der Waals surface area contributed by atoms with Crippen molar-refractivity contribution in [1.29, 1.82) is 0 Å². The number of likely N-dealkylation sites (N-methyl/N-ethyl adjacent to an activating group) is 1. The first-order valence-electron chi connectivity index (χ1n) is 11.9. The van der Waals surface area contributed by atoms with Gasteiger partial charge in [-0.2, -0.15) is 26.3 Å². The molecule has 3 amide bonds. The van der Waals surface area contributed by atoms with Crippen LogP contribution >= 0.6 is 0 Å². The zero-order valence-electron chi connectivity index (χ0n) is 20.6. The molecule has 0 unspecified atom stereocenters. The Morgan fingerprint density at radius 3 is 2.13 bits per heavy atom. The number of hydrogen-bond acceptors (Lipinski definition) is 4. The van der Waals surface area contributed by atoms with Gasteiger partial charge in [-0.25, -0.2) is 4.79 Å². The minimum atomic E-state index is -4.99. The highest BCUT2D eigenvalue weighted by molar-refractivity contribution is 6.01. The van der Waals surface area contributed by atoms with Gasteiger partial charge < -0.3 is 14.4 Å². The molecule has 4 atom stereocenters. The third-order valence-electron chi connectivity index (χ3n) is 6.82. The molecular formula is C26H26F6N2O4. The monoisotopic (exact) mass is 544 g/mol. The summed E-state index contributed by atoms with van der Waals surface area (Å²) in [6.45, 7) is 1.54. The Morgan fingerprint density at radius 1 is 1.00 bits per heavy atom. The lowest BCUT2D eigenvalue weighted by molar-refractivity contribution is -0.210. The molecule has 0 saturated carbocycles. The number of benzene rings is 2. The summed E-state index contributed by atoms with van der Waals surface area (Å²) >= 11 is 0. The number of rotatable bonds is 6. The summed E-state index contributed by atoms with van der Waals surface area (Å²) in [4.78, 5) is 27.3. The van der Waals surface area contributed by atoms with Crippen molar-refractivity contribution in [3.63, 3.8) is 0 Å². The van der Waals surface area contributed by atoms with Crippen LogP contribution in [-0.4, -0.2) is 54.8 Å². The maximum atomic E-state index is 13.4. The van der Waals surface area contributed by atoms with E-state index in [0.29, 0.717) is 18.6 Å². The molecule has 0 bridgehead atoms. The van der Waals surface area contributed by atoms with Gasteiger partial charge in [0.15, 0.2) is 6.29 Å². The number of amides is 3. The summed E-state index contributed by atoms with van der Waals surface area (Å²) in [5.74, 6) is -1.23. The van der Waals surface area contributed by atoms with Gasteiger partial charge in [-0.1, -0.05) is 30.3 Å². The fourth-order valence-corrected chi connectivity index (χ4v) is 4.85. The fourth-order valence-electron chi connectivity index (χ4n) is 4.85. The van der Waals surface area contributed by atoms with Crippen LogP contribution in [0.4, 0.5) is 31.1 Å². The quantitative estimate of drug-likeness (QED) is 0.339. The van der Waals surface area contributed by atoms with Gasteiger partial charge in [0.25, 0.3) is 0 Å². The average Bonchev–Trinajstić information content (AvgIpc) is 3.09. The van der Waals surface area contributed by atoms with Crippen LogP contribution < -0.4 is 0 Å². The Hall–Kier alpha value is -3.12. The Kier molecular flexibility index (Phi) is 7.76. The van der Waals surface area contributed by atoms with Crippen molar-refractivity contribution in [3.05, 3.63) is 70.8 Å². The van der Waals surface area contributed by atoms with Crippen molar-refractivity contribution in [2.45, 2.75) is 44.0 Å². The second-order valence-electron chi connectivity index (χ2n) is 9.48. The number of alkyl halides is 6. The van der Waals surface area contributed by atoms with Crippen molar-refractivity contribution in [3.8, 4) is 0 Å². The van der Waals surface area contributed by atoms with Gasteiger partial charge in [-0.05, 0) is 48.6 Å². The smallest absolute Gasteiger partial charge is 0.352 e. The molecule has 6 nitrogen and oxygen atoms in total. The molecule has 0 radical (unpaired) electrons. The number of carbonyl (C=O) groups is 2. The highest BCUT2D eigenvalue weighted by Crippen LogP contribution is 2.42. The summed E-state index contributed by atoms with van der Waals surface area (Å²) in [6, 6.07) is 9.79. The number of halogens is 6. The molecule has 206 valence electrons. The Morgan fingerprint density at radius 2 is 1.61 bits per heavy atom. The number of hydrogen-bond donors (Lipinski definition) is 0. The molecule has 2 aromatic carbocycles. The van der Waals surface area contributed by atoms with Crippen LogP contribution in [0.15, 0.2) is 48.5 Å². The molecule has 0 aliphatic carbocycles. The van der Waals surface area contributed by atoms with Crippen LogP contribution in [0.3, 0.4) is 0 Å². The van der Waals surface area contributed by atoms with Crippen molar-refractivity contribution in [1.82, 2.24) is 9.80 Å². The summed E-state index contributed by atoms with van der Waals surface area (Å²) in [5, 5.41) is 0. The van der Waals surface area contributed by atoms with E-state index in [0.717, 1.165) is 10.5 Å². The Balaban J connectivity index is 1.64. The normalized spacial score (nSPS) is 23.7. The molecule has 2 aliphatic heterocycles. The van der Waals surface area contributed by atoms with E-state index in [2.05, 4.69) is 0 Å². The van der Waals surface area contributed by atoms with E-state index in [1.807, 2.05) is 0 Å². The van der Waals surface area contributed by atoms with E-state index in [1.165, 1.54) is 18.9 Å². The van der Waals surface area contributed by atoms with E-state index < -0.39 is 47.8 Å². The summed E-state index contributed by atoms with van der Waals surface area (Å²) < 4.78 is 92.1. The van der Waals surface area contributed by atoms with Crippen LogP contribution in [0.1, 0.15) is 47.6 Å². The molecule has 2 fully saturated rings. The van der Waals surface area contributed by atoms with E-state index in [4.69, 9.17) is 9.47 Å². The van der Waals surface area contributed by atoms with Crippen LogP contribution in [-0.2, 0) is 26.6 Å². The summed E-state index contributed by atoms with van der Waals surface area (Å²) in [7, 11) is 1.51. The van der Waals surface area contributed by atoms with Crippen LogP contribution in [0.25, 0.3) is 0 Å². The van der Waals surface area contributed by atoms with Crippen LogP contribution in [0, 0.1) is 5.92 Å². The molecular weight excluding hydrogens is 518 g/mol. The fraction of sp³-hybridized carbons (Fsp3) is 0.462. The van der Waals surface area contributed by atoms with Gasteiger partial charge in [-0.3, -0.25) is 9.69 Å². The van der Waals surface area contributed by atoms with E-state index in [9.17, 15) is 35.9 Å². The zero-order chi connectivity index (χ0) is 27.8. The molecule has 0 aromatic heterocycles. The van der Waals surface area contributed by atoms with Gasteiger partial charge in [-0.15, -0.1) is 0 Å². The Labute approximate surface area is 215 Å². The molecule has 2 aliphatic rings. The van der Waals surface area contributed by atoms with Gasteiger partial charge in [0, 0.05) is 19.5 Å². The predicted molar refractivity (Wildman–Crippen MR) is 123 cm³/mol. The molecule has 38 heavy (non-hydrogen) atoms. The van der Waals surface area contributed by atoms with E-state index in [1.54, 1.807) is 30.3 Å². The summed E-state index contributed by atoms with van der Waals surface area (Å²) in [5.41, 5.74) is -2.44. The first-order chi connectivity index (χ1) is 17.8. The molecule has 2 heterocycles. The number of carbonyl (C=O) groups excluding carboxylic acids is 2. The third-order valence-corrected chi connectivity index (χ3v) is 6.82. The largest absolute Gasteiger partial charge is 0.416 e. The van der Waals surface area contributed by atoms with Crippen molar-refractivity contribution in [2.24, 2.45) is 5.92 Å². The minimum absolute atomic E-state index is 0.0495. The number of urea groups is 1. The topological polar surface area (TPSA) is 59.1 Å². The molecule has 0 N–H and O–H groups in total. The van der Waals surface area contributed by atoms with E-state index in [-0.39, 0.29) is 43.2 Å². The molecule has 4 rings (SSSR count). The predicted octanol–water partition coefficient (Wildman–Crippen LogP) is 5.84. The standard InChI is InChI=1S/C26H26F6N2O4/c1-15(18-10-19(25(27,28)29)12-20(11-18)26(30,31)32)38-23-22(16-6-4-3-5-7-16)17(8-9-37-23)13-34-21(35)14-33(2)24(34)36/h3-7,10-12,15,17,22-23H,8-9,13-14H2,1-2H3/t15-,17+,22+,23-/m1/s1. The molecule has 12 heteroatoms. The van der Waals surface area contributed by atoms with Crippen molar-refractivity contribution < 1.29 is 45.4 Å². The third kappa shape index (κ3) is 5.96. The van der Waals surface area contributed by atoms with Crippen molar-refractivity contribution >= 4 is 11.9 Å². The molecule has 2 aromatic rings. The van der Waals surface area contributed by atoms with Gasteiger partial charge in [0.05, 0.1) is 23.8 Å². The lowest BCUT2D eigenvalue weighted by atomic mass is 9.81. The second-order valence-corrected chi connectivity index (χ2v) is 9.48. The Bertz CT molecular complexity index is 1140.